The van der Waals surface area contributed by atoms with Crippen LogP contribution in [0, 0.1) is 0 Å². The number of hydrogen-bond donors (Lipinski definition) is 0. The maximum Gasteiger partial charge on any atom is 0.325 e. The summed E-state index contributed by atoms with van der Waals surface area (Å²) < 4.78 is 19.4. The molecule has 1 amide bonds. The smallest absolute Gasteiger partial charge is 0.325 e. The van der Waals surface area contributed by atoms with Gasteiger partial charge in [0.25, 0.3) is 5.91 Å². The quantitative estimate of drug-likeness (QED) is 0.649. The van der Waals surface area contributed by atoms with Crippen LogP contribution in [0.3, 0.4) is 0 Å². The number of carbonyl (C=O) groups excluding carboxylic acids is 3. The monoisotopic (exact) mass is 339 g/mol. The van der Waals surface area contributed by atoms with Gasteiger partial charge in [0, 0.05) is 18.2 Å². The van der Waals surface area contributed by atoms with Gasteiger partial charge in [-0.3, -0.25) is 14.4 Å². The van der Waals surface area contributed by atoms with Crippen molar-refractivity contribution < 1.29 is 33.3 Å². The Kier molecular flexibility index (Phi) is 7.54. The molecule has 0 radical (unpaired) electrons. The molecule has 24 heavy (non-hydrogen) atoms. The minimum Gasteiger partial charge on any atom is -0.497 e. The number of nitrogens with zero attached hydrogens (tertiary/aromatic N) is 1. The number of rotatable bonds is 8. The molecule has 0 saturated heterocycles. The molecule has 8 heteroatoms. The van der Waals surface area contributed by atoms with E-state index < -0.39 is 17.8 Å². The SMILES string of the molecule is COC(=O)CCN(CC(=O)OC)C(=O)c1cc(OC)cc(OC)c1. The molecule has 0 spiro atoms. The molecule has 0 fully saturated rings. The summed E-state index contributed by atoms with van der Waals surface area (Å²) in [6.07, 6.45) is -0.0413. The van der Waals surface area contributed by atoms with E-state index >= 15 is 0 Å². The van der Waals surface area contributed by atoms with E-state index in [4.69, 9.17) is 9.47 Å². The van der Waals surface area contributed by atoms with Gasteiger partial charge >= 0.3 is 11.9 Å². The summed E-state index contributed by atoms with van der Waals surface area (Å²) in [5, 5.41) is 0. The largest absolute Gasteiger partial charge is 0.497 e. The molecule has 132 valence electrons. The predicted molar refractivity (Wildman–Crippen MR) is 84.1 cm³/mol. The van der Waals surface area contributed by atoms with Gasteiger partial charge < -0.3 is 23.8 Å². The molecule has 0 aliphatic heterocycles. The molecule has 0 bridgehead atoms. The molecule has 0 aliphatic carbocycles. The highest BCUT2D eigenvalue weighted by Crippen LogP contribution is 2.23. The third kappa shape index (κ3) is 5.45. The maximum atomic E-state index is 12.7. The van der Waals surface area contributed by atoms with Gasteiger partial charge in [0.1, 0.15) is 18.0 Å². The van der Waals surface area contributed by atoms with Crippen molar-refractivity contribution in [2.24, 2.45) is 0 Å². The summed E-state index contributed by atoms with van der Waals surface area (Å²) in [5.41, 5.74) is 0.264. The van der Waals surface area contributed by atoms with E-state index in [-0.39, 0.29) is 25.1 Å². The molecule has 0 aromatic heterocycles. The molecule has 1 rings (SSSR count). The van der Waals surface area contributed by atoms with Gasteiger partial charge in [-0.25, -0.2) is 0 Å². The Morgan fingerprint density at radius 3 is 1.88 bits per heavy atom. The molecule has 1 aromatic carbocycles. The fourth-order valence-electron chi connectivity index (χ4n) is 1.91. The molecule has 8 nitrogen and oxygen atoms in total. The number of methoxy groups -OCH3 is 4. The second-order valence-corrected chi connectivity index (χ2v) is 4.73. The van der Waals surface area contributed by atoms with Crippen molar-refractivity contribution in [3.8, 4) is 11.5 Å². The van der Waals surface area contributed by atoms with E-state index in [9.17, 15) is 14.4 Å². The number of carbonyl (C=O) groups is 3. The van der Waals surface area contributed by atoms with Gasteiger partial charge in [-0.1, -0.05) is 0 Å². The van der Waals surface area contributed by atoms with E-state index in [0.29, 0.717) is 11.5 Å². The van der Waals surface area contributed by atoms with Crippen LogP contribution >= 0.6 is 0 Å². The standard InChI is InChI=1S/C16H21NO7/c1-21-12-7-11(8-13(9-12)22-2)16(20)17(10-15(19)24-4)6-5-14(18)23-3/h7-9H,5-6,10H2,1-4H3. The van der Waals surface area contributed by atoms with E-state index in [1.54, 1.807) is 6.07 Å². The van der Waals surface area contributed by atoms with Crippen molar-refractivity contribution in [1.29, 1.82) is 0 Å². The topological polar surface area (TPSA) is 91.4 Å². The van der Waals surface area contributed by atoms with Crippen molar-refractivity contribution in [3.05, 3.63) is 23.8 Å². The second kappa shape index (κ2) is 9.39. The predicted octanol–water partition coefficient (Wildman–Crippen LogP) is 0.882. The van der Waals surface area contributed by atoms with Gasteiger partial charge in [0.15, 0.2) is 0 Å². The summed E-state index contributed by atoms with van der Waals surface area (Å²) in [5.74, 6) is -0.669. The Morgan fingerprint density at radius 2 is 1.42 bits per heavy atom. The molecule has 0 unspecified atom stereocenters. The Balaban J connectivity index is 3.04. The third-order valence-electron chi connectivity index (χ3n) is 3.25. The fourth-order valence-corrected chi connectivity index (χ4v) is 1.91. The summed E-state index contributed by atoms with van der Waals surface area (Å²) >= 11 is 0. The zero-order valence-electron chi connectivity index (χ0n) is 14.2. The lowest BCUT2D eigenvalue weighted by atomic mass is 10.1. The van der Waals surface area contributed by atoms with Crippen LogP contribution in [0.15, 0.2) is 18.2 Å². The van der Waals surface area contributed by atoms with Crippen LogP contribution < -0.4 is 9.47 Å². The number of hydrogen-bond acceptors (Lipinski definition) is 7. The molecule has 0 atom stereocenters. The van der Waals surface area contributed by atoms with Gasteiger partial charge in [-0.05, 0) is 12.1 Å². The first-order chi connectivity index (χ1) is 11.4. The first-order valence-electron chi connectivity index (χ1n) is 7.11. The minimum absolute atomic E-state index is 0.0140. The van der Waals surface area contributed by atoms with Gasteiger partial charge in [-0.15, -0.1) is 0 Å². The highest BCUT2D eigenvalue weighted by molar-refractivity contribution is 5.97. The van der Waals surface area contributed by atoms with Crippen molar-refractivity contribution in [2.45, 2.75) is 6.42 Å². The fraction of sp³-hybridized carbons (Fsp3) is 0.438. The number of ether oxygens (including phenoxy) is 4. The van der Waals surface area contributed by atoms with Crippen LogP contribution in [0.4, 0.5) is 0 Å². The minimum atomic E-state index is -0.594. The average molecular weight is 339 g/mol. The maximum absolute atomic E-state index is 12.7. The lowest BCUT2D eigenvalue weighted by Gasteiger charge is -2.21. The normalized spacial score (nSPS) is 9.83. The van der Waals surface area contributed by atoms with Crippen LogP contribution in [-0.2, 0) is 19.1 Å². The number of benzene rings is 1. The Labute approximate surface area is 140 Å². The van der Waals surface area contributed by atoms with Crippen LogP contribution in [-0.4, -0.2) is 64.3 Å². The molecule has 0 saturated carbocycles. The van der Waals surface area contributed by atoms with E-state index in [1.807, 2.05) is 0 Å². The number of amides is 1. The van der Waals surface area contributed by atoms with Crippen molar-refractivity contribution >= 4 is 17.8 Å². The Bertz CT molecular complexity index is 578. The average Bonchev–Trinajstić information content (AvgIpc) is 2.63. The summed E-state index contributed by atoms with van der Waals surface area (Å²) in [6.45, 7) is -0.272. The Hall–Kier alpha value is -2.77. The lowest BCUT2D eigenvalue weighted by Crippen LogP contribution is -2.37. The zero-order valence-corrected chi connectivity index (χ0v) is 14.2. The zero-order chi connectivity index (χ0) is 18.1. The first kappa shape index (κ1) is 19.3. The first-order valence-corrected chi connectivity index (χ1v) is 7.11. The molecule has 1 aromatic rings. The highest BCUT2D eigenvalue weighted by Gasteiger charge is 2.21. The van der Waals surface area contributed by atoms with Crippen molar-refractivity contribution in [1.82, 2.24) is 4.90 Å². The number of esters is 2. The van der Waals surface area contributed by atoms with Crippen LogP contribution in [0.1, 0.15) is 16.8 Å². The molecule has 0 aliphatic rings. The van der Waals surface area contributed by atoms with Crippen LogP contribution in [0.2, 0.25) is 0 Å². The molecule has 0 N–H and O–H groups in total. The van der Waals surface area contributed by atoms with E-state index in [2.05, 4.69) is 9.47 Å². The molecular formula is C16H21NO7. The van der Waals surface area contributed by atoms with Crippen molar-refractivity contribution in [3.63, 3.8) is 0 Å². The van der Waals surface area contributed by atoms with E-state index in [1.165, 1.54) is 45.5 Å². The molecule has 0 heterocycles. The highest BCUT2D eigenvalue weighted by atomic mass is 16.5. The van der Waals surface area contributed by atoms with E-state index in [0.717, 1.165) is 0 Å². The Morgan fingerprint density at radius 1 is 0.875 bits per heavy atom. The second-order valence-electron chi connectivity index (χ2n) is 4.73. The lowest BCUT2D eigenvalue weighted by molar-refractivity contribution is -0.143. The van der Waals surface area contributed by atoms with Gasteiger partial charge in [0.2, 0.25) is 0 Å². The summed E-state index contributed by atoms with van der Waals surface area (Å²) in [7, 11) is 5.40. The summed E-state index contributed by atoms with van der Waals surface area (Å²) in [4.78, 5) is 36.7. The van der Waals surface area contributed by atoms with Gasteiger partial charge in [-0.2, -0.15) is 0 Å². The third-order valence-corrected chi connectivity index (χ3v) is 3.25. The molecular weight excluding hydrogens is 318 g/mol. The van der Waals surface area contributed by atoms with Crippen LogP contribution in [0.25, 0.3) is 0 Å². The summed E-state index contributed by atoms with van der Waals surface area (Å²) in [6, 6.07) is 4.66. The van der Waals surface area contributed by atoms with Crippen LogP contribution in [0.5, 0.6) is 11.5 Å². The van der Waals surface area contributed by atoms with Crippen molar-refractivity contribution in [2.75, 3.05) is 41.5 Å². The van der Waals surface area contributed by atoms with Gasteiger partial charge in [0.05, 0.1) is 34.9 Å².